The molecule has 0 aromatic carbocycles. The average Bonchev–Trinajstić information content (AvgIpc) is 2.15. The maximum absolute atomic E-state index is 11.0. The fraction of sp³-hybridized carbons (Fsp3) is 0.917. The van der Waals surface area contributed by atoms with E-state index >= 15 is 0 Å². The van der Waals surface area contributed by atoms with Gasteiger partial charge in [0.25, 0.3) is 0 Å². The molecule has 94 valence electrons. The summed E-state index contributed by atoms with van der Waals surface area (Å²) in [7, 11) is 0. The van der Waals surface area contributed by atoms with Gasteiger partial charge in [0.1, 0.15) is 0 Å². The van der Waals surface area contributed by atoms with Crippen LogP contribution in [-0.4, -0.2) is 35.5 Å². The highest BCUT2D eigenvalue weighted by Crippen LogP contribution is 2.23. The van der Waals surface area contributed by atoms with Gasteiger partial charge in [-0.2, -0.15) is 0 Å². The Hall–Kier alpha value is -0.610. The molecule has 4 nitrogen and oxygen atoms in total. The predicted octanol–water partition coefficient (Wildman–Crippen LogP) is 2.21. The van der Waals surface area contributed by atoms with E-state index in [2.05, 4.69) is 0 Å². The topological polar surface area (TPSA) is 55.8 Å². The van der Waals surface area contributed by atoms with Gasteiger partial charge < -0.3 is 14.6 Å². The molecule has 0 bridgehead atoms. The minimum absolute atomic E-state index is 0.0198. The lowest BCUT2D eigenvalue weighted by molar-refractivity contribution is -0.165. The molecule has 0 aromatic rings. The van der Waals surface area contributed by atoms with E-state index in [1.54, 1.807) is 0 Å². The van der Waals surface area contributed by atoms with Gasteiger partial charge in [0.15, 0.2) is 6.10 Å². The van der Waals surface area contributed by atoms with E-state index in [1.807, 2.05) is 20.8 Å². The number of hydrogen-bond donors (Lipinski definition) is 1. The second-order valence-corrected chi connectivity index (χ2v) is 4.60. The van der Waals surface area contributed by atoms with E-state index < -0.39 is 12.1 Å². The first-order valence-corrected chi connectivity index (χ1v) is 6.06. The quantitative estimate of drug-likeness (QED) is 0.786. The van der Waals surface area contributed by atoms with Crippen molar-refractivity contribution in [2.24, 2.45) is 0 Å². The van der Waals surface area contributed by atoms with Crippen LogP contribution in [0.4, 0.5) is 0 Å². The van der Waals surface area contributed by atoms with Crippen LogP contribution in [-0.2, 0) is 14.3 Å². The van der Waals surface area contributed by atoms with Gasteiger partial charge in [0.05, 0.1) is 18.3 Å². The zero-order chi connectivity index (χ0) is 12.1. The van der Waals surface area contributed by atoms with Crippen molar-refractivity contribution in [3.05, 3.63) is 0 Å². The highest BCUT2D eigenvalue weighted by Gasteiger charge is 2.29. The smallest absolute Gasteiger partial charge is 0.332 e. The van der Waals surface area contributed by atoms with Crippen molar-refractivity contribution in [1.29, 1.82) is 0 Å². The van der Waals surface area contributed by atoms with Crippen molar-refractivity contribution in [3.8, 4) is 0 Å². The van der Waals surface area contributed by atoms with E-state index in [9.17, 15) is 4.79 Å². The molecule has 16 heavy (non-hydrogen) atoms. The normalized spacial score (nSPS) is 32.3. The summed E-state index contributed by atoms with van der Waals surface area (Å²) in [5, 5.41) is 9.01. The zero-order valence-electron chi connectivity index (χ0n) is 10.3. The third-order valence-corrected chi connectivity index (χ3v) is 2.84. The van der Waals surface area contributed by atoms with Crippen LogP contribution in [0.3, 0.4) is 0 Å². The minimum Gasteiger partial charge on any atom is -0.479 e. The zero-order valence-corrected chi connectivity index (χ0v) is 10.3. The van der Waals surface area contributed by atoms with Crippen LogP contribution >= 0.6 is 0 Å². The molecule has 1 rings (SSSR count). The van der Waals surface area contributed by atoms with Crippen LogP contribution in [0.5, 0.6) is 0 Å². The number of carboxylic acid groups (broad SMARTS) is 1. The Morgan fingerprint density at radius 3 is 2.44 bits per heavy atom. The fourth-order valence-electron chi connectivity index (χ4n) is 2.20. The van der Waals surface area contributed by atoms with Crippen molar-refractivity contribution in [2.45, 2.75) is 70.9 Å². The lowest BCUT2D eigenvalue weighted by Gasteiger charge is -2.33. The van der Waals surface area contributed by atoms with Crippen LogP contribution < -0.4 is 0 Å². The van der Waals surface area contributed by atoms with Crippen LogP contribution in [0.15, 0.2) is 0 Å². The molecule has 1 saturated heterocycles. The summed E-state index contributed by atoms with van der Waals surface area (Å²) >= 11 is 0. The Labute approximate surface area is 96.9 Å². The molecule has 0 spiro atoms. The SMILES string of the molecule is CCCC(OC1CC(C)OC(C)C1)C(=O)O. The molecule has 3 unspecified atom stereocenters. The van der Waals surface area contributed by atoms with Crippen LogP contribution in [0.1, 0.15) is 46.5 Å². The molecule has 0 amide bonds. The first-order chi connectivity index (χ1) is 7.52. The monoisotopic (exact) mass is 230 g/mol. The van der Waals surface area contributed by atoms with E-state index in [0.717, 1.165) is 19.3 Å². The predicted molar refractivity (Wildman–Crippen MR) is 60.4 cm³/mol. The summed E-state index contributed by atoms with van der Waals surface area (Å²) in [5.74, 6) is -0.853. The molecule has 0 aliphatic carbocycles. The first kappa shape index (κ1) is 13.5. The maximum atomic E-state index is 11.0. The number of hydrogen-bond acceptors (Lipinski definition) is 3. The second kappa shape index (κ2) is 6.21. The summed E-state index contributed by atoms with van der Waals surface area (Å²) in [6.07, 6.45) is 2.66. The molecule has 0 saturated carbocycles. The van der Waals surface area contributed by atoms with E-state index in [-0.39, 0.29) is 18.3 Å². The van der Waals surface area contributed by atoms with Gasteiger partial charge >= 0.3 is 5.97 Å². The van der Waals surface area contributed by atoms with E-state index in [0.29, 0.717) is 6.42 Å². The molecular formula is C12H22O4. The second-order valence-electron chi connectivity index (χ2n) is 4.60. The van der Waals surface area contributed by atoms with Crippen LogP contribution in [0, 0.1) is 0 Å². The van der Waals surface area contributed by atoms with Gasteiger partial charge in [-0.1, -0.05) is 13.3 Å². The van der Waals surface area contributed by atoms with Gasteiger partial charge in [-0.05, 0) is 33.1 Å². The van der Waals surface area contributed by atoms with Gasteiger partial charge in [0.2, 0.25) is 0 Å². The molecule has 0 aromatic heterocycles. The summed E-state index contributed by atoms with van der Waals surface area (Å²) < 4.78 is 11.2. The molecule has 3 atom stereocenters. The summed E-state index contributed by atoms with van der Waals surface area (Å²) in [5.41, 5.74) is 0. The Morgan fingerprint density at radius 2 is 2.00 bits per heavy atom. The van der Waals surface area contributed by atoms with Crippen LogP contribution in [0.25, 0.3) is 0 Å². The Morgan fingerprint density at radius 1 is 1.44 bits per heavy atom. The summed E-state index contributed by atoms with van der Waals surface area (Å²) in [6, 6.07) is 0. The number of carbonyl (C=O) groups is 1. The average molecular weight is 230 g/mol. The van der Waals surface area contributed by atoms with Crippen molar-refractivity contribution in [3.63, 3.8) is 0 Å². The van der Waals surface area contributed by atoms with Crippen molar-refractivity contribution in [2.75, 3.05) is 0 Å². The number of aliphatic carboxylic acids is 1. The molecule has 0 radical (unpaired) electrons. The highest BCUT2D eigenvalue weighted by molar-refractivity contribution is 5.72. The summed E-state index contributed by atoms with van der Waals surface area (Å²) in [4.78, 5) is 11.0. The van der Waals surface area contributed by atoms with E-state index in [4.69, 9.17) is 14.6 Å². The summed E-state index contributed by atoms with van der Waals surface area (Å²) in [6.45, 7) is 5.97. The van der Waals surface area contributed by atoms with Gasteiger partial charge in [-0.15, -0.1) is 0 Å². The highest BCUT2D eigenvalue weighted by atomic mass is 16.5. The number of carboxylic acids is 1. The third-order valence-electron chi connectivity index (χ3n) is 2.84. The Bertz CT molecular complexity index is 219. The van der Waals surface area contributed by atoms with Gasteiger partial charge in [-0.25, -0.2) is 4.79 Å². The third kappa shape index (κ3) is 4.10. The van der Waals surface area contributed by atoms with Crippen molar-refractivity contribution < 1.29 is 19.4 Å². The Kier molecular flexibility index (Phi) is 5.22. The van der Waals surface area contributed by atoms with Gasteiger partial charge in [0, 0.05) is 0 Å². The van der Waals surface area contributed by atoms with Crippen molar-refractivity contribution >= 4 is 5.97 Å². The van der Waals surface area contributed by atoms with E-state index in [1.165, 1.54) is 0 Å². The maximum Gasteiger partial charge on any atom is 0.332 e. The van der Waals surface area contributed by atoms with Gasteiger partial charge in [-0.3, -0.25) is 0 Å². The number of ether oxygens (including phenoxy) is 2. The molecule has 1 N–H and O–H groups in total. The Balaban J connectivity index is 2.47. The first-order valence-electron chi connectivity index (χ1n) is 6.06. The molecule has 1 aliphatic rings. The molecule has 4 heteroatoms. The fourth-order valence-corrected chi connectivity index (χ4v) is 2.20. The molecule has 1 aliphatic heterocycles. The lowest BCUT2D eigenvalue weighted by Crippen LogP contribution is -2.38. The largest absolute Gasteiger partial charge is 0.479 e. The molecular weight excluding hydrogens is 208 g/mol. The lowest BCUT2D eigenvalue weighted by atomic mass is 10.0. The molecule has 1 heterocycles. The standard InChI is InChI=1S/C12H22O4/c1-4-5-11(12(13)14)16-10-6-8(2)15-9(3)7-10/h8-11H,4-7H2,1-3H3,(H,13,14). The molecule has 1 fully saturated rings. The minimum atomic E-state index is -0.853. The number of rotatable bonds is 5. The van der Waals surface area contributed by atoms with Crippen LogP contribution in [0.2, 0.25) is 0 Å². The van der Waals surface area contributed by atoms with Crippen molar-refractivity contribution in [1.82, 2.24) is 0 Å².